The molecule has 0 atom stereocenters. The maximum absolute atomic E-state index is 13.2. The van der Waals surface area contributed by atoms with Crippen molar-refractivity contribution in [3.63, 3.8) is 0 Å². The number of aliphatic hydroxyl groups excluding tert-OH is 1. The molecule has 0 heterocycles. The molecule has 174 valence electrons. The molecule has 1 aliphatic rings. The van der Waals surface area contributed by atoms with E-state index in [1.807, 2.05) is 12.1 Å². The van der Waals surface area contributed by atoms with Gasteiger partial charge in [-0.3, -0.25) is 4.79 Å². The van der Waals surface area contributed by atoms with E-state index in [0.29, 0.717) is 16.5 Å². The average Bonchev–Trinajstić information content (AvgIpc) is 2.79. The Morgan fingerprint density at radius 2 is 1.66 bits per heavy atom. The third-order valence-electron chi connectivity index (χ3n) is 6.57. The van der Waals surface area contributed by atoms with Crippen LogP contribution in [-0.4, -0.2) is 53.1 Å². The van der Waals surface area contributed by atoms with Gasteiger partial charge in [-0.25, -0.2) is 0 Å². The lowest BCUT2D eigenvalue weighted by atomic mass is 9.80. The van der Waals surface area contributed by atoms with Gasteiger partial charge >= 0.3 is 0 Å². The SMILES string of the molecule is CC(C)N(C(=O)c1ccc(Cl)cc1)[C@H]1CC[C@H](c2ccc(CN(C)CCCO)cc2)CC1. The zero-order chi connectivity index (χ0) is 23.1. The van der Waals surface area contributed by atoms with E-state index in [4.69, 9.17) is 16.7 Å². The molecule has 1 amide bonds. The number of amides is 1. The molecular formula is C27H37ClN2O2. The third kappa shape index (κ3) is 6.57. The minimum atomic E-state index is 0.106. The molecule has 0 aliphatic heterocycles. The van der Waals surface area contributed by atoms with Gasteiger partial charge in [-0.2, -0.15) is 0 Å². The largest absolute Gasteiger partial charge is 0.396 e. The minimum absolute atomic E-state index is 0.106. The van der Waals surface area contributed by atoms with Crippen LogP contribution in [0.4, 0.5) is 0 Å². The van der Waals surface area contributed by atoms with E-state index in [2.05, 4.69) is 55.0 Å². The van der Waals surface area contributed by atoms with Crippen LogP contribution in [0.1, 0.15) is 73.4 Å². The predicted molar refractivity (Wildman–Crippen MR) is 132 cm³/mol. The summed E-state index contributed by atoms with van der Waals surface area (Å²) in [6.45, 7) is 6.27. The first-order valence-electron chi connectivity index (χ1n) is 11.9. The van der Waals surface area contributed by atoms with Crippen molar-refractivity contribution in [3.05, 3.63) is 70.2 Å². The number of hydrogen-bond acceptors (Lipinski definition) is 3. The molecule has 4 nitrogen and oxygen atoms in total. The topological polar surface area (TPSA) is 43.8 Å². The van der Waals surface area contributed by atoms with Gasteiger partial charge in [0.2, 0.25) is 0 Å². The molecule has 0 bridgehead atoms. The van der Waals surface area contributed by atoms with Gasteiger partial charge < -0.3 is 14.9 Å². The predicted octanol–water partition coefficient (Wildman–Crippen LogP) is 5.73. The number of aliphatic hydroxyl groups is 1. The van der Waals surface area contributed by atoms with Gasteiger partial charge in [0.25, 0.3) is 5.91 Å². The van der Waals surface area contributed by atoms with Crippen molar-refractivity contribution in [3.8, 4) is 0 Å². The van der Waals surface area contributed by atoms with Crippen molar-refractivity contribution in [1.82, 2.24) is 9.80 Å². The van der Waals surface area contributed by atoms with E-state index in [1.54, 1.807) is 12.1 Å². The highest BCUT2D eigenvalue weighted by atomic mass is 35.5. The Morgan fingerprint density at radius 1 is 1.03 bits per heavy atom. The lowest BCUT2D eigenvalue weighted by Crippen LogP contribution is -2.46. The van der Waals surface area contributed by atoms with Crippen molar-refractivity contribution in [2.24, 2.45) is 0 Å². The normalized spacial score (nSPS) is 18.8. The fraction of sp³-hybridized carbons (Fsp3) is 0.519. The van der Waals surface area contributed by atoms with E-state index in [1.165, 1.54) is 11.1 Å². The van der Waals surface area contributed by atoms with Gasteiger partial charge in [0.05, 0.1) is 0 Å². The molecule has 1 N–H and O–H groups in total. The molecule has 0 radical (unpaired) electrons. The molecule has 32 heavy (non-hydrogen) atoms. The van der Waals surface area contributed by atoms with Crippen molar-refractivity contribution in [2.45, 2.75) is 70.5 Å². The van der Waals surface area contributed by atoms with Crippen LogP contribution in [-0.2, 0) is 6.54 Å². The van der Waals surface area contributed by atoms with Gasteiger partial charge in [0.1, 0.15) is 0 Å². The molecule has 2 aromatic carbocycles. The van der Waals surface area contributed by atoms with Crippen LogP contribution in [0.25, 0.3) is 0 Å². The summed E-state index contributed by atoms with van der Waals surface area (Å²) >= 11 is 6.00. The number of rotatable bonds is 9. The van der Waals surface area contributed by atoms with Crippen LogP contribution < -0.4 is 0 Å². The zero-order valence-electron chi connectivity index (χ0n) is 19.6. The molecule has 1 saturated carbocycles. The molecule has 5 heteroatoms. The first-order chi connectivity index (χ1) is 15.4. The highest BCUT2D eigenvalue weighted by molar-refractivity contribution is 6.30. The molecule has 0 saturated heterocycles. The van der Waals surface area contributed by atoms with Crippen LogP contribution >= 0.6 is 11.6 Å². The Labute approximate surface area is 198 Å². The molecule has 2 aromatic rings. The van der Waals surface area contributed by atoms with E-state index >= 15 is 0 Å². The van der Waals surface area contributed by atoms with Crippen LogP contribution in [0, 0.1) is 0 Å². The number of benzene rings is 2. The van der Waals surface area contributed by atoms with E-state index in [9.17, 15) is 4.79 Å². The highest BCUT2D eigenvalue weighted by Gasteiger charge is 2.31. The quantitative estimate of drug-likeness (QED) is 0.523. The Balaban J connectivity index is 1.58. The Morgan fingerprint density at radius 3 is 2.22 bits per heavy atom. The van der Waals surface area contributed by atoms with E-state index in [0.717, 1.165) is 45.2 Å². The fourth-order valence-corrected chi connectivity index (χ4v) is 5.00. The van der Waals surface area contributed by atoms with Crippen LogP contribution in [0.2, 0.25) is 5.02 Å². The fourth-order valence-electron chi connectivity index (χ4n) is 4.88. The minimum Gasteiger partial charge on any atom is -0.396 e. The summed E-state index contributed by atoms with van der Waals surface area (Å²) in [5.41, 5.74) is 3.43. The van der Waals surface area contributed by atoms with Gasteiger partial charge in [0.15, 0.2) is 0 Å². The Kier molecular flexibility index (Phi) is 9.15. The lowest BCUT2D eigenvalue weighted by Gasteiger charge is -2.39. The number of carbonyl (C=O) groups excluding carboxylic acids is 1. The van der Waals surface area contributed by atoms with Crippen molar-refractivity contribution >= 4 is 17.5 Å². The van der Waals surface area contributed by atoms with Crippen LogP contribution in [0.5, 0.6) is 0 Å². The first-order valence-corrected chi connectivity index (χ1v) is 12.2. The molecule has 0 unspecified atom stereocenters. The summed E-state index contributed by atoms with van der Waals surface area (Å²) < 4.78 is 0. The standard InChI is InChI=1S/C27H37ClN2O2/c1-20(2)30(27(32)24-9-13-25(28)14-10-24)26-15-11-23(12-16-26)22-7-5-21(6-8-22)19-29(3)17-4-18-31/h5-10,13-14,20,23,26,31H,4,11-12,15-19H2,1-3H3/t23-,26-. The van der Waals surface area contributed by atoms with Gasteiger partial charge in [-0.15, -0.1) is 0 Å². The summed E-state index contributed by atoms with van der Waals surface area (Å²) in [7, 11) is 2.09. The maximum Gasteiger partial charge on any atom is 0.254 e. The highest BCUT2D eigenvalue weighted by Crippen LogP contribution is 2.36. The van der Waals surface area contributed by atoms with E-state index < -0.39 is 0 Å². The van der Waals surface area contributed by atoms with E-state index in [-0.39, 0.29) is 24.6 Å². The molecular weight excluding hydrogens is 420 g/mol. The smallest absolute Gasteiger partial charge is 0.254 e. The monoisotopic (exact) mass is 456 g/mol. The first kappa shape index (κ1) is 24.8. The number of hydrogen-bond donors (Lipinski definition) is 1. The average molecular weight is 457 g/mol. The van der Waals surface area contributed by atoms with Gasteiger partial charge in [-0.05, 0) is 94.3 Å². The second-order valence-electron chi connectivity index (χ2n) is 9.38. The third-order valence-corrected chi connectivity index (χ3v) is 6.83. The van der Waals surface area contributed by atoms with Crippen molar-refractivity contribution in [2.75, 3.05) is 20.2 Å². The molecule has 0 spiro atoms. The summed E-state index contributed by atoms with van der Waals surface area (Å²) in [4.78, 5) is 17.5. The molecule has 3 rings (SSSR count). The summed E-state index contributed by atoms with van der Waals surface area (Å²) in [6.07, 6.45) is 5.10. The lowest BCUT2D eigenvalue weighted by molar-refractivity contribution is 0.0545. The molecule has 1 aliphatic carbocycles. The van der Waals surface area contributed by atoms with Gasteiger partial charge in [-0.1, -0.05) is 35.9 Å². The van der Waals surface area contributed by atoms with Crippen LogP contribution in [0.15, 0.2) is 48.5 Å². The second kappa shape index (κ2) is 11.8. The summed E-state index contributed by atoms with van der Waals surface area (Å²) in [5, 5.41) is 9.64. The molecule has 1 fully saturated rings. The second-order valence-corrected chi connectivity index (χ2v) is 9.81. The van der Waals surface area contributed by atoms with Crippen molar-refractivity contribution in [1.29, 1.82) is 0 Å². The summed E-state index contributed by atoms with van der Waals surface area (Å²) in [5.74, 6) is 0.668. The molecule has 0 aromatic heterocycles. The maximum atomic E-state index is 13.2. The van der Waals surface area contributed by atoms with Crippen LogP contribution in [0.3, 0.4) is 0 Å². The Hall–Kier alpha value is -1.88. The number of halogens is 1. The number of carbonyl (C=O) groups is 1. The van der Waals surface area contributed by atoms with Crippen molar-refractivity contribution < 1.29 is 9.90 Å². The number of nitrogens with zero attached hydrogens (tertiary/aromatic N) is 2. The Bertz CT molecular complexity index is 843. The van der Waals surface area contributed by atoms with Gasteiger partial charge in [0, 0.05) is 42.4 Å². The summed E-state index contributed by atoms with van der Waals surface area (Å²) in [6, 6.07) is 16.7. The zero-order valence-corrected chi connectivity index (χ0v) is 20.4.